The third-order valence-corrected chi connectivity index (χ3v) is 9.11. The van der Waals surface area contributed by atoms with Gasteiger partial charge in [-0.05, 0) is 68.1 Å². The van der Waals surface area contributed by atoms with Crippen molar-refractivity contribution < 1.29 is 25.5 Å². The molecule has 5 heteroatoms. The Morgan fingerprint density at radius 3 is 1.16 bits per heavy atom. The lowest BCUT2D eigenvalue weighted by Crippen LogP contribution is -2.76. The van der Waals surface area contributed by atoms with Gasteiger partial charge >= 0.3 is 0 Å². The second kappa shape index (κ2) is 3.83. The zero-order chi connectivity index (χ0) is 17.6. The first kappa shape index (κ1) is 15.8. The highest BCUT2D eigenvalue weighted by molar-refractivity contribution is 5.27. The Morgan fingerprint density at radius 1 is 0.400 bits per heavy atom. The molecule has 8 fully saturated rings. The fourth-order valence-corrected chi connectivity index (χ4v) is 9.97. The standard InChI is InChI=1S/C20H30O5/c21-16-2-13-1-14(4-16,5-17(22,3-13)9-16)15-6-18(23)10-19(24,7-15)12-20(25,8-15)11-18/h13,21-25H,1-12H2. The van der Waals surface area contributed by atoms with Crippen molar-refractivity contribution in [1.82, 2.24) is 0 Å². The highest BCUT2D eigenvalue weighted by Gasteiger charge is 2.76. The molecule has 8 aliphatic rings. The van der Waals surface area contributed by atoms with Gasteiger partial charge in [-0.15, -0.1) is 0 Å². The quantitative estimate of drug-likeness (QED) is 0.486. The van der Waals surface area contributed by atoms with Gasteiger partial charge < -0.3 is 25.5 Å². The first-order valence-electron chi connectivity index (χ1n) is 10.0. The van der Waals surface area contributed by atoms with Crippen molar-refractivity contribution in [2.24, 2.45) is 16.7 Å². The van der Waals surface area contributed by atoms with Crippen molar-refractivity contribution in [1.29, 1.82) is 0 Å². The van der Waals surface area contributed by atoms with Gasteiger partial charge in [0.05, 0.1) is 28.0 Å². The molecule has 0 radical (unpaired) electrons. The van der Waals surface area contributed by atoms with Gasteiger partial charge in [0.1, 0.15) is 0 Å². The summed E-state index contributed by atoms with van der Waals surface area (Å²) in [6.07, 6.45) is 7.15. The van der Waals surface area contributed by atoms with Gasteiger partial charge in [0.2, 0.25) is 0 Å². The molecule has 5 nitrogen and oxygen atoms in total. The summed E-state index contributed by atoms with van der Waals surface area (Å²) in [5.74, 6) is 0.318. The van der Waals surface area contributed by atoms with E-state index in [0.29, 0.717) is 63.7 Å². The molecule has 0 heterocycles. The molecule has 8 rings (SSSR count). The molecule has 5 N–H and O–H groups in total. The van der Waals surface area contributed by atoms with Gasteiger partial charge in [-0.25, -0.2) is 0 Å². The third kappa shape index (κ3) is 1.87. The SMILES string of the molecule is OC12CC3CC(O)(C1)CC(C14CC5(O)CC(O)(CC(O)(C5)C1)C4)(C3)C2. The van der Waals surface area contributed by atoms with Gasteiger partial charge in [-0.2, -0.15) is 0 Å². The van der Waals surface area contributed by atoms with Crippen LogP contribution in [0.1, 0.15) is 77.0 Å². The average molecular weight is 350 g/mol. The summed E-state index contributed by atoms with van der Waals surface area (Å²) in [6.45, 7) is 0. The summed E-state index contributed by atoms with van der Waals surface area (Å²) >= 11 is 0. The molecule has 0 aromatic carbocycles. The van der Waals surface area contributed by atoms with Gasteiger partial charge in [-0.1, -0.05) is 0 Å². The predicted molar refractivity (Wildman–Crippen MR) is 88.5 cm³/mol. The van der Waals surface area contributed by atoms with Gasteiger partial charge in [0.15, 0.2) is 0 Å². The first-order chi connectivity index (χ1) is 11.4. The molecule has 8 saturated carbocycles. The molecule has 0 amide bonds. The van der Waals surface area contributed by atoms with E-state index in [4.69, 9.17) is 0 Å². The molecule has 0 aliphatic heterocycles. The molecule has 2 unspecified atom stereocenters. The molecule has 0 aromatic heterocycles. The Bertz CT molecular complexity index is 601. The van der Waals surface area contributed by atoms with E-state index in [1.807, 2.05) is 0 Å². The van der Waals surface area contributed by atoms with Crippen LogP contribution in [-0.4, -0.2) is 53.5 Å². The molecule has 8 bridgehead atoms. The maximum Gasteiger partial charge on any atom is 0.0708 e. The summed E-state index contributed by atoms with van der Waals surface area (Å²) in [5.41, 5.74) is -5.29. The fourth-order valence-electron chi connectivity index (χ4n) is 9.97. The minimum absolute atomic E-state index is 0.271. The zero-order valence-electron chi connectivity index (χ0n) is 14.8. The van der Waals surface area contributed by atoms with Crippen LogP contribution in [0.25, 0.3) is 0 Å². The third-order valence-electron chi connectivity index (χ3n) is 9.11. The molecule has 8 aliphatic carbocycles. The summed E-state index contributed by atoms with van der Waals surface area (Å²) in [5, 5.41) is 55.9. The van der Waals surface area contributed by atoms with Crippen molar-refractivity contribution >= 4 is 0 Å². The van der Waals surface area contributed by atoms with Crippen molar-refractivity contribution in [3.63, 3.8) is 0 Å². The zero-order valence-corrected chi connectivity index (χ0v) is 14.8. The van der Waals surface area contributed by atoms with E-state index >= 15 is 0 Å². The van der Waals surface area contributed by atoms with Crippen LogP contribution in [0.4, 0.5) is 0 Å². The highest BCUT2D eigenvalue weighted by Crippen LogP contribution is 2.77. The van der Waals surface area contributed by atoms with Crippen LogP contribution < -0.4 is 0 Å². The van der Waals surface area contributed by atoms with Crippen LogP contribution in [0.5, 0.6) is 0 Å². The fraction of sp³-hybridized carbons (Fsp3) is 1.00. The maximum absolute atomic E-state index is 11.2. The number of rotatable bonds is 1. The van der Waals surface area contributed by atoms with Crippen molar-refractivity contribution in [2.45, 2.75) is 105 Å². The smallest absolute Gasteiger partial charge is 0.0708 e. The highest BCUT2D eigenvalue weighted by atomic mass is 16.3. The Labute approximate surface area is 148 Å². The second-order valence-corrected chi connectivity index (χ2v) is 11.8. The minimum Gasteiger partial charge on any atom is -0.390 e. The minimum atomic E-state index is -1.01. The maximum atomic E-state index is 11.2. The van der Waals surface area contributed by atoms with E-state index in [9.17, 15) is 25.5 Å². The van der Waals surface area contributed by atoms with E-state index in [1.165, 1.54) is 0 Å². The normalized spacial score (nSPS) is 70.2. The van der Waals surface area contributed by atoms with Gasteiger partial charge in [0.25, 0.3) is 0 Å². The monoisotopic (exact) mass is 350 g/mol. The van der Waals surface area contributed by atoms with Crippen molar-refractivity contribution in [3.05, 3.63) is 0 Å². The van der Waals surface area contributed by atoms with Gasteiger partial charge in [0, 0.05) is 25.7 Å². The molecular formula is C20H30O5. The van der Waals surface area contributed by atoms with E-state index in [0.717, 1.165) is 19.3 Å². The topological polar surface area (TPSA) is 101 Å². The molecule has 0 aromatic rings. The van der Waals surface area contributed by atoms with Crippen LogP contribution in [-0.2, 0) is 0 Å². The number of hydrogen-bond acceptors (Lipinski definition) is 5. The number of hydrogen-bond donors (Lipinski definition) is 5. The Kier molecular flexibility index (Phi) is 2.43. The lowest BCUT2D eigenvalue weighted by Gasteiger charge is -2.75. The summed E-state index contributed by atoms with van der Waals surface area (Å²) in [6, 6.07) is 0. The van der Waals surface area contributed by atoms with E-state index < -0.39 is 28.0 Å². The van der Waals surface area contributed by atoms with E-state index in [1.54, 1.807) is 0 Å². The van der Waals surface area contributed by atoms with E-state index in [2.05, 4.69) is 0 Å². The van der Waals surface area contributed by atoms with Crippen LogP contribution >= 0.6 is 0 Å². The van der Waals surface area contributed by atoms with Crippen LogP contribution in [0, 0.1) is 16.7 Å². The first-order valence-corrected chi connectivity index (χ1v) is 10.0. The van der Waals surface area contributed by atoms with Crippen LogP contribution in [0.15, 0.2) is 0 Å². The Balaban J connectivity index is 1.51. The molecule has 140 valence electrons. The molecular weight excluding hydrogens is 320 g/mol. The van der Waals surface area contributed by atoms with Gasteiger partial charge in [-0.3, -0.25) is 0 Å². The molecule has 25 heavy (non-hydrogen) atoms. The van der Waals surface area contributed by atoms with E-state index in [-0.39, 0.29) is 10.8 Å². The molecule has 0 saturated heterocycles. The molecule has 2 atom stereocenters. The molecule has 0 spiro atoms. The number of aliphatic hydroxyl groups is 5. The Morgan fingerprint density at radius 2 is 0.760 bits per heavy atom. The summed E-state index contributed by atoms with van der Waals surface area (Å²) < 4.78 is 0. The lowest BCUT2D eigenvalue weighted by molar-refractivity contribution is -0.339. The van der Waals surface area contributed by atoms with Crippen molar-refractivity contribution in [2.75, 3.05) is 0 Å². The summed E-state index contributed by atoms with van der Waals surface area (Å²) in [4.78, 5) is 0. The Hall–Kier alpha value is -0.200. The van der Waals surface area contributed by atoms with Crippen LogP contribution in [0.2, 0.25) is 0 Å². The predicted octanol–water partition coefficient (Wildman–Crippen LogP) is 0.994. The summed E-state index contributed by atoms with van der Waals surface area (Å²) in [7, 11) is 0. The largest absolute Gasteiger partial charge is 0.390 e. The second-order valence-electron chi connectivity index (χ2n) is 11.8. The van der Waals surface area contributed by atoms with Crippen LogP contribution in [0.3, 0.4) is 0 Å². The lowest BCUT2D eigenvalue weighted by atomic mass is 9.32. The van der Waals surface area contributed by atoms with Crippen molar-refractivity contribution in [3.8, 4) is 0 Å². The average Bonchev–Trinajstić information content (AvgIpc) is 2.26.